The summed E-state index contributed by atoms with van der Waals surface area (Å²) < 4.78 is 32.5. The fourth-order valence-corrected chi connectivity index (χ4v) is 5.65. The van der Waals surface area contributed by atoms with Crippen LogP contribution in [0.1, 0.15) is 44.7 Å². The van der Waals surface area contributed by atoms with Gasteiger partial charge in [0.15, 0.2) is 0 Å². The van der Waals surface area contributed by atoms with Gasteiger partial charge in [-0.2, -0.15) is 0 Å². The molecule has 0 saturated heterocycles. The van der Waals surface area contributed by atoms with E-state index in [0.29, 0.717) is 31.0 Å². The summed E-state index contributed by atoms with van der Waals surface area (Å²) in [6, 6.07) is 25.5. The molecule has 0 heterocycles. The maximum atomic E-state index is 13.9. The Kier molecular flexibility index (Phi) is 12.4. The van der Waals surface area contributed by atoms with Crippen molar-refractivity contribution in [2.45, 2.75) is 52.6 Å². The molecule has 42 heavy (non-hydrogen) atoms. The highest BCUT2D eigenvalue weighted by molar-refractivity contribution is 7.92. The Morgan fingerprint density at radius 3 is 2.07 bits per heavy atom. The fourth-order valence-electron chi connectivity index (χ4n) is 4.68. The third kappa shape index (κ3) is 9.91. The Morgan fingerprint density at radius 2 is 1.48 bits per heavy atom. The van der Waals surface area contributed by atoms with Crippen LogP contribution in [0.15, 0.2) is 84.9 Å². The van der Waals surface area contributed by atoms with Gasteiger partial charge in [-0.05, 0) is 42.5 Å². The molecular weight excluding hydrogens is 550 g/mol. The van der Waals surface area contributed by atoms with Crippen molar-refractivity contribution in [3.63, 3.8) is 0 Å². The Labute approximate surface area is 250 Å². The number of carbonyl (C=O) groups excluding carboxylic acids is 2. The second-order valence-corrected chi connectivity index (χ2v) is 12.6. The van der Waals surface area contributed by atoms with Gasteiger partial charge in [0.2, 0.25) is 21.8 Å². The van der Waals surface area contributed by atoms with Crippen molar-refractivity contribution in [2.24, 2.45) is 5.92 Å². The van der Waals surface area contributed by atoms with Crippen LogP contribution in [0.5, 0.6) is 5.75 Å². The van der Waals surface area contributed by atoms with Crippen molar-refractivity contribution in [2.75, 3.05) is 30.3 Å². The standard InChI is InChI=1S/C33H43N3O5S/c1-5-41-31-20-13-12-19-29(31)36(42(4,39)40)22-14-21-32(37)35(25-28-17-10-7-11-18-28)30(33(38)34-24-26(2)3)23-27-15-8-6-9-16-27/h6-13,15-20,26,30H,5,14,21-25H2,1-4H3,(H,34,38)/t30-/m0/s1. The van der Waals surface area contributed by atoms with E-state index in [-0.39, 0.29) is 43.7 Å². The quantitative estimate of drug-likeness (QED) is 0.251. The average Bonchev–Trinajstić information content (AvgIpc) is 2.97. The van der Waals surface area contributed by atoms with E-state index in [9.17, 15) is 18.0 Å². The van der Waals surface area contributed by atoms with E-state index >= 15 is 0 Å². The predicted octanol–water partition coefficient (Wildman–Crippen LogP) is 5.04. The van der Waals surface area contributed by atoms with Crippen molar-refractivity contribution in [1.29, 1.82) is 0 Å². The van der Waals surface area contributed by atoms with Gasteiger partial charge in [0.25, 0.3) is 0 Å². The number of sulfonamides is 1. The molecule has 0 saturated carbocycles. The molecule has 0 aliphatic heterocycles. The molecule has 0 fully saturated rings. The number of hydrogen-bond donors (Lipinski definition) is 1. The smallest absolute Gasteiger partial charge is 0.243 e. The number of nitrogens with one attached hydrogen (secondary N) is 1. The number of nitrogens with zero attached hydrogens (tertiary/aromatic N) is 2. The first kappa shape index (κ1) is 32.7. The number of benzene rings is 3. The summed E-state index contributed by atoms with van der Waals surface area (Å²) >= 11 is 0. The molecule has 0 aliphatic carbocycles. The third-order valence-corrected chi connectivity index (χ3v) is 7.92. The van der Waals surface area contributed by atoms with Crippen LogP contribution in [0, 0.1) is 5.92 Å². The zero-order chi connectivity index (χ0) is 30.5. The van der Waals surface area contributed by atoms with Crippen LogP contribution in [0.4, 0.5) is 5.69 Å². The van der Waals surface area contributed by atoms with E-state index in [1.165, 1.54) is 4.31 Å². The molecule has 0 radical (unpaired) electrons. The zero-order valence-corrected chi connectivity index (χ0v) is 25.8. The predicted molar refractivity (Wildman–Crippen MR) is 168 cm³/mol. The van der Waals surface area contributed by atoms with Gasteiger partial charge in [0.05, 0.1) is 18.6 Å². The van der Waals surface area contributed by atoms with E-state index in [4.69, 9.17) is 4.74 Å². The highest BCUT2D eigenvalue weighted by Crippen LogP contribution is 2.30. The Morgan fingerprint density at radius 1 is 0.881 bits per heavy atom. The van der Waals surface area contributed by atoms with Crippen LogP contribution >= 0.6 is 0 Å². The molecule has 0 spiro atoms. The van der Waals surface area contributed by atoms with E-state index < -0.39 is 16.1 Å². The average molecular weight is 594 g/mol. The number of amides is 2. The van der Waals surface area contributed by atoms with Gasteiger partial charge in [-0.25, -0.2) is 8.42 Å². The van der Waals surface area contributed by atoms with E-state index in [1.807, 2.05) is 81.4 Å². The number of para-hydroxylation sites is 2. The minimum atomic E-state index is -3.65. The minimum Gasteiger partial charge on any atom is -0.492 e. The lowest BCUT2D eigenvalue weighted by Crippen LogP contribution is -2.51. The summed E-state index contributed by atoms with van der Waals surface area (Å²) in [4.78, 5) is 29.1. The van der Waals surface area contributed by atoms with Gasteiger partial charge in [0.1, 0.15) is 11.8 Å². The summed E-state index contributed by atoms with van der Waals surface area (Å²) in [7, 11) is -3.65. The molecule has 2 amide bonds. The topological polar surface area (TPSA) is 96.0 Å². The number of rotatable bonds is 16. The molecule has 3 aromatic carbocycles. The monoisotopic (exact) mass is 593 g/mol. The molecule has 3 rings (SSSR count). The maximum absolute atomic E-state index is 13.9. The Bertz CT molecular complexity index is 1380. The minimum absolute atomic E-state index is 0.0679. The molecule has 9 heteroatoms. The van der Waals surface area contributed by atoms with Crippen molar-refractivity contribution in [3.8, 4) is 5.75 Å². The number of hydrogen-bond acceptors (Lipinski definition) is 5. The molecule has 3 aromatic rings. The molecule has 0 unspecified atom stereocenters. The summed E-state index contributed by atoms with van der Waals surface area (Å²) in [6.45, 7) is 7.13. The van der Waals surface area contributed by atoms with Crippen LogP contribution in [-0.2, 0) is 32.6 Å². The van der Waals surface area contributed by atoms with Crippen molar-refractivity contribution in [1.82, 2.24) is 10.2 Å². The summed E-state index contributed by atoms with van der Waals surface area (Å²) in [5.74, 6) is 0.296. The van der Waals surface area contributed by atoms with Crippen molar-refractivity contribution < 1.29 is 22.7 Å². The largest absolute Gasteiger partial charge is 0.492 e. The first-order valence-electron chi connectivity index (χ1n) is 14.4. The van der Waals surface area contributed by atoms with Gasteiger partial charge < -0.3 is 15.0 Å². The molecule has 0 aliphatic rings. The van der Waals surface area contributed by atoms with Crippen LogP contribution in [-0.4, -0.2) is 57.1 Å². The maximum Gasteiger partial charge on any atom is 0.243 e. The van der Waals surface area contributed by atoms with Crippen LogP contribution in [0.2, 0.25) is 0 Å². The summed E-state index contributed by atoms with van der Waals surface area (Å²) in [5.41, 5.74) is 2.29. The van der Waals surface area contributed by atoms with Gasteiger partial charge >= 0.3 is 0 Å². The van der Waals surface area contributed by atoms with Crippen molar-refractivity contribution in [3.05, 3.63) is 96.1 Å². The molecular formula is C33H43N3O5S. The van der Waals surface area contributed by atoms with E-state index in [1.54, 1.807) is 29.2 Å². The van der Waals surface area contributed by atoms with Gasteiger partial charge in [-0.3, -0.25) is 13.9 Å². The number of carbonyl (C=O) groups is 2. The van der Waals surface area contributed by atoms with Gasteiger partial charge in [0, 0.05) is 32.5 Å². The zero-order valence-electron chi connectivity index (χ0n) is 25.0. The molecule has 8 nitrogen and oxygen atoms in total. The lowest BCUT2D eigenvalue weighted by Gasteiger charge is -2.32. The van der Waals surface area contributed by atoms with Crippen LogP contribution in [0.25, 0.3) is 0 Å². The van der Waals surface area contributed by atoms with Gasteiger partial charge in [-0.15, -0.1) is 0 Å². The second kappa shape index (κ2) is 16.0. The van der Waals surface area contributed by atoms with Crippen LogP contribution in [0.3, 0.4) is 0 Å². The van der Waals surface area contributed by atoms with E-state index in [0.717, 1.165) is 17.4 Å². The lowest BCUT2D eigenvalue weighted by molar-refractivity contribution is -0.141. The van der Waals surface area contributed by atoms with Crippen LogP contribution < -0.4 is 14.4 Å². The molecule has 1 N–H and O–H groups in total. The molecule has 0 aromatic heterocycles. The van der Waals surface area contributed by atoms with E-state index in [2.05, 4.69) is 5.32 Å². The molecule has 226 valence electrons. The number of ether oxygens (including phenoxy) is 1. The SMILES string of the molecule is CCOc1ccccc1N(CCCC(=O)N(Cc1ccccc1)[C@@H](Cc1ccccc1)C(=O)NCC(C)C)S(C)(=O)=O. The summed E-state index contributed by atoms with van der Waals surface area (Å²) in [6.07, 6.45) is 1.84. The second-order valence-electron chi connectivity index (χ2n) is 10.7. The first-order chi connectivity index (χ1) is 20.1. The van der Waals surface area contributed by atoms with Crippen molar-refractivity contribution >= 4 is 27.5 Å². The fraction of sp³-hybridized carbons (Fsp3) is 0.394. The highest BCUT2D eigenvalue weighted by Gasteiger charge is 2.30. The normalized spacial score (nSPS) is 12.0. The third-order valence-electron chi connectivity index (χ3n) is 6.74. The Hall–Kier alpha value is -3.85. The summed E-state index contributed by atoms with van der Waals surface area (Å²) in [5, 5.41) is 3.02. The molecule has 0 bridgehead atoms. The Balaban J connectivity index is 1.87. The highest BCUT2D eigenvalue weighted by atomic mass is 32.2. The number of anilines is 1. The molecule has 1 atom stereocenters. The lowest BCUT2D eigenvalue weighted by atomic mass is 10.0. The van der Waals surface area contributed by atoms with Gasteiger partial charge in [-0.1, -0.05) is 86.6 Å². The first-order valence-corrected chi connectivity index (χ1v) is 16.3.